The van der Waals surface area contributed by atoms with E-state index in [0.717, 1.165) is 6.42 Å². The van der Waals surface area contributed by atoms with Crippen molar-refractivity contribution in [2.24, 2.45) is 0 Å². The Labute approximate surface area is 165 Å². The zero-order valence-electron chi connectivity index (χ0n) is 15.5. The molecule has 1 N–H and O–H groups in total. The summed E-state index contributed by atoms with van der Waals surface area (Å²) in [6.07, 6.45) is 0.208. The van der Waals surface area contributed by atoms with Gasteiger partial charge in [0.1, 0.15) is 5.75 Å². The fourth-order valence-corrected chi connectivity index (χ4v) is 3.61. The molecule has 2 aromatic rings. The molecule has 1 atom stereocenters. The highest BCUT2D eigenvalue weighted by molar-refractivity contribution is 7.92. The maximum atomic E-state index is 12.7. The number of nitrogens with one attached hydrogen (secondary N) is 1. The van der Waals surface area contributed by atoms with Gasteiger partial charge in [0.05, 0.1) is 10.6 Å². The molecule has 0 aliphatic carbocycles. The highest BCUT2D eigenvalue weighted by Crippen LogP contribution is 2.25. The van der Waals surface area contributed by atoms with Gasteiger partial charge in [0.2, 0.25) is 0 Å². The average Bonchev–Trinajstić information content (AvgIpc) is 2.66. The topological polar surface area (TPSA) is 75.7 Å². The number of rotatable bonds is 8. The minimum absolute atomic E-state index is 0.149. The van der Waals surface area contributed by atoms with Crippen molar-refractivity contribution in [3.8, 4) is 5.75 Å². The third-order valence-corrected chi connectivity index (χ3v) is 5.96. The molecule has 0 fully saturated rings. The summed E-state index contributed by atoms with van der Waals surface area (Å²) >= 11 is 5.82. The monoisotopic (exact) mass is 410 g/mol. The summed E-state index contributed by atoms with van der Waals surface area (Å²) in [5.74, 6) is 0.290. The van der Waals surface area contributed by atoms with E-state index in [0.29, 0.717) is 23.0 Å². The van der Waals surface area contributed by atoms with Crippen molar-refractivity contribution >= 4 is 33.2 Å². The summed E-state index contributed by atoms with van der Waals surface area (Å²) in [6.45, 7) is 4.23. The number of hydrogen-bond acceptors (Lipinski definition) is 4. The molecule has 0 radical (unpaired) electrons. The predicted octanol–water partition coefficient (Wildman–Crippen LogP) is 3.46. The van der Waals surface area contributed by atoms with E-state index in [-0.39, 0.29) is 10.8 Å². The van der Waals surface area contributed by atoms with E-state index >= 15 is 0 Å². The zero-order valence-corrected chi connectivity index (χ0v) is 17.0. The van der Waals surface area contributed by atoms with Crippen molar-refractivity contribution in [2.45, 2.75) is 31.3 Å². The van der Waals surface area contributed by atoms with Crippen molar-refractivity contribution in [1.82, 2.24) is 5.32 Å². The van der Waals surface area contributed by atoms with Crippen LogP contribution >= 0.6 is 11.6 Å². The molecule has 0 aliphatic heterocycles. The van der Waals surface area contributed by atoms with Crippen LogP contribution < -0.4 is 14.4 Å². The van der Waals surface area contributed by atoms with E-state index in [2.05, 4.69) is 5.32 Å². The molecule has 0 aromatic heterocycles. The lowest BCUT2D eigenvalue weighted by Crippen LogP contribution is -2.36. The van der Waals surface area contributed by atoms with Crippen molar-refractivity contribution in [2.75, 3.05) is 17.9 Å². The van der Waals surface area contributed by atoms with E-state index < -0.39 is 16.1 Å². The van der Waals surface area contributed by atoms with E-state index in [4.69, 9.17) is 16.3 Å². The largest absolute Gasteiger partial charge is 0.481 e. The Morgan fingerprint density at radius 1 is 1.15 bits per heavy atom. The molecule has 27 heavy (non-hydrogen) atoms. The van der Waals surface area contributed by atoms with Crippen LogP contribution in [0.3, 0.4) is 0 Å². The first-order chi connectivity index (χ1) is 12.8. The summed E-state index contributed by atoms with van der Waals surface area (Å²) in [5.41, 5.74) is 0.473. The van der Waals surface area contributed by atoms with Gasteiger partial charge in [-0.05, 0) is 61.9 Å². The first kappa shape index (κ1) is 21.1. The van der Waals surface area contributed by atoms with Gasteiger partial charge in [-0.25, -0.2) is 8.42 Å². The summed E-state index contributed by atoms with van der Waals surface area (Å²) in [7, 11) is -2.23. The van der Waals surface area contributed by atoms with Gasteiger partial charge in [-0.3, -0.25) is 9.10 Å². The van der Waals surface area contributed by atoms with Crippen LogP contribution in [0, 0.1) is 0 Å². The van der Waals surface area contributed by atoms with E-state index in [1.807, 2.05) is 6.92 Å². The summed E-state index contributed by atoms with van der Waals surface area (Å²) in [5, 5.41) is 3.23. The van der Waals surface area contributed by atoms with Gasteiger partial charge in [-0.15, -0.1) is 0 Å². The molecular formula is C19H23ClN2O4S. The molecule has 1 unspecified atom stereocenters. The molecule has 146 valence electrons. The second-order valence-electron chi connectivity index (χ2n) is 5.97. The minimum atomic E-state index is -3.70. The van der Waals surface area contributed by atoms with Crippen LogP contribution in [0.1, 0.15) is 20.3 Å². The van der Waals surface area contributed by atoms with Crippen molar-refractivity contribution < 1.29 is 17.9 Å². The summed E-state index contributed by atoms with van der Waals surface area (Å²) in [4.78, 5) is 12.0. The molecule has 0 spiro atoms. The summed E-state index contributed by atoms with van der Waals surface area (Å²) < 4.78 is 32.2. The molecule has 0 heterocycles. The number of ether oxygens (including phenoxy) is 1. The van der Waals surface area contributed by atoms with Gasteiger partial charge in [0.25, 0.3) is 15.9 Å². The number of sulfonamides is 1. The molecular weight excluding hydrogens is 388 g/mol. The first-order valence-electron chi connectivity index (χ1n) is 8.54. The highest BCUT2D eigenvalue weighted by Gasteiger charge is 2.21. The highest BCUT2D eigenvalue weighted by atomic mass is 35.5. The van der Waals surface area contributed by atoms with Gasteiger partial charge in [-0.1, -0.05) is 18.5 Å². The number of halogens is 1. The lowest BCUT2D eigenvalue weighted by molar-refractivity contribution is -0.127. The van der Waals surface area contributed by atoms with Crippen LogP contribution in [0.4, 0.5) is 5.69 Å². The van der Waals surface area contributed by atoms with E-state index in [1.54, 1.807) is 31.2 Å². The molecule has 2 rings (SSSR count). The van der Waals surface area contributed by atoms with Crippen LogP contribution in [-0.4, -0.2) is 34.0 Å². The average molecular weight is 411 g/mol. The maximum absolute atomic E-state index is 12.7. The molecule has 0 saturated carbocycles. The molecule has 1 amide bonds. The molecule has 0 bridgehead atoms. The molecule has 6 nitrogen and oxygen atoms in total. The molecule has 0 aliphatic rings. The van der Waals surface area contributed by atoms with Gasteiger partial charge < -0.3 is 10.1 Å². The molecule has 8 heteroatoms. The minimum Gasteiger partial charge on any atom is -0.481 e. The third kappa shape index (κ3) is 5.37. The third-order valence-electron chi connectivity index (χ3n) is 3.90. The van der Waals surface area contributed by atoms with Crippen LogP contribution in [0.15, 0.2) is 53.4 Å². The SMILES string of the molecule is CCCNC(=O)C(C)Oc1ccc(N(C)S(=O)(=O)c2ccc(Cl)cc2)cc1. The molecule has 2 aromatic carbocycles. The Hall–Kier alpha value is -2.25. The Bertz CT molecular complexity index is 868. The zero-order chi connectivity index (χ0) is 20.0. The van der Waals surface area contributed by atoms with Crippen LogP contribution in [0.5, 0.6) is 5.75 Å². The normalized spacial score (nSPS) is 12.3. The number of hydrogen-bond donors (Lipinski definition) is 1. The number of nitrogens with zero attached hydrogens (tertiary/aromatic N) is 1. The second kappa shape index (κ2) is 9.10. The fraction of sp³-hybridized carbons (Fsp3) is 0.316. The lowest BCUT2D eigenvalue weighted by Gasteiger charge is -2.20. The van der Waals surface area contributed by atoms with Crippen LogP contribution in [0.25, 0.3) is 0 Å². The van der Waals surface area contributed by atoms with Crippen molar-refractivity contribution in [3.63, 3.8) is 0 Å². The smallest absolute Gasteiger partial charge is 0.264 e. The number of amides is 1. The van der Waals surface area contributed by atoms with E-state index in [9.17, 15) is 13.2 Å². The van der Waals surface area contributed by atoms with Crippen molar-refractivity contribution in [3.05, 3.63) is 53.6 Å². The number of carbonyl (C=O) groups is 1. The quantitative estimate of drug-likeness (QED) is 0.723. The molecule has 0 saturated heterocycles. The predicted molar refractivity (Wildman–Crippen MR) is 107 cm³/mol. The van der Waals surface area contributed by atoms with Gasteiger partial charge >= 0.3 is 0 Å². The second-order valence-corrected chi connectivity index (χ2v) is 8.38. The van der Waals surface area contributed by atoms with Crippen LogP contribution in [0.2, 0.25) is 5.02 Å². The summed E-state index contributed by atoms with van der Waals surface area (Å²) in [6, 6.07) is 12.5. The van der Waals surface area contributed by atoms with Crippen molar-refractivity contribution in [1.29, 1.82) is 0 Å². The van der Waals surface area contributed by atoms with Gasteiger partial charge in [-0.2, -0.15) is 0 Å². The standard InChI is InChI=1S/C19H23ClN2O4S/c1-4-13-21-19(23)14(2)26-17-9-7-16(8-10-17)22(3)27(24,25)18-11-5-15(20)6-12-18/h5-12,14H,4,13H2,1-3H3,(H,21,23). The fourth-order valence-electron chi connectivity index (χ4n) is 2.29. The maximum Gasteiger partial charge on any atom is 0.264 e. The number of benzene rings is 2. The Morgan fingerprint density at radius 3 is 2.30 bits per heavy atom. The first-order valence-corrected chi connectivity index (χ1v) is 10.4. The van der Waals surface area contributed by atoms with Gasteiger partial charge in [0.15, 0.2) is 6.10 Å². The van der Waals surface area contributed by atoms with Crippen LogP contribution in [-0.2, 0) is 14.8 Å². The lowest BCUT2D eigenvalue weighted by atomic mass is 10.3. The number of anilines is 1. The van der Waals surface area contributed by atoms with E-state index in [1.165, 1.54) is 35.6 Å². The Kier molecular flexibility index (Phi) is 7.10. The Morgan fingerprint density at radius 2 is 1.74 bits per heavy atom. The number of carbonyl (C=O) groups excluding carboxylic acids is 1. The van der Waals surface area contributed by atoms with Gasteiger partial charge in [0, 0.05) is 18.6 Å². The Balaban J connectivity index is 2.09.